The molecule has 0 aromatic heterocycles. The predicted molar refractivity (Wildman–Crippen MR) is 121 cm³/mol. The van der Waals surface area contributed by atoms with E-state index in [1.165, 1.54) is 16.4 Å². The van der Waals surface area contributed by atoms with Gasteiger partial charge in [0.2, 0.25) is 10.0 Å². The van der Waals surface area contributed by atoms with Crippen molar-refractivity contribution in [2.45, 2.75) is 50.1 Å². The summed E-state index contributed by atoms with van der Waals surface area (Å²) < 4.78 is 39.3. The van der Waals surface area contributed by atoms with Gasteiger partial charge in [0.05, 0.1) is 29.8 Å². The number of benzene rings is 2. The molecule has 2 aromatic rings. The van der Waals surface area contributed by atoms with Crippen LogP contribution in [0.3, 0.4) is 0 Å². The highest BCUT2D eigenvalue weighted by Crippen LogP contribution is 2.27. The zero-order valence-electron chi connectivity index (χ0n) is 18.7. The molecule has 2 aliphatic rings. The molecule has 2 fully saturated rings. The average Bonchev–Trinajstić information content (AvgIpc) is 2.78. The SMILES string of the molecule is CC1CN(S(=O)(=O)c2ccc(C(=O)N3CC(C)OC(c4ccccc4)C3)cc2)CC(C)O1. The first-order valence-electron chi connectivity index (χ1n) is 11.0. The summed E-state index contributed by atoms with van der Waals surface area (Å²) in [6, 6.07) is 16.1. The molecule has 4 unspecified atom stereocenters. The molecule has 0 bridgehead atoms. The van der Waals surface area contributed by atoms with Crippen LogP contribution in [0.25, 0.3) is 0 Å². The standard InChI is InChI=1S/C24H30N2O5S/c1-17-13-25(16-23(31-17)20-7-5-4-6-8-20)24(27)21-9-11-22(12-10-21)32(28,29)26-14-18(2)30-19(3)15-26/h4-12,17-19,23H,13-16H2,1-3H3. The number of nitrogens with zero attached hydrogens (tertiary/aromatic N) is 2. The minimum absolute atomic E-state index is 0.0946. The lowest BCUT2D eigenvalue weighted by molar-refractivity contribution is -0.0691. The minimum atomic E-state index is -3.64. The van der Waals surface area contributed by atoms with Crippen LogP contribution in [-0.4, -0.2) is 68.0 Å². The molecule has 8 heteroatoms. The summed E-state index contributed by atoms with van der Waals surface area (Å²) >= 11 is 0. The molecule has 0 radical (unpaired) electrons. The molecule has 2 aliphatic heterocycles. The largest absolute Gasteiger partial charge is 0.373 e. The van der Waals surface area contributed by atoms with Crippen molar-refractivity contribution in [1.29, 1.82) is 0 Å². The number of hydrogen-bond acceptors (Lipinski definition) is 5. The second kappa shape index (κ2) is 9.31. The van der Waals surface area contributed by atoms with Gasteiger partial charge in [0.15, 0.2) is 0 Å². The lowest BCUT2D eigenvalue weighted by Gasteiger charge is -2.37. The highest BCUT2D eigenvalue weighted by atomic mass is 32.2. The Morgan fingerprint density at radius 1 is 0.812 bits per heavy atom. The number of ether oxygens (including phenoxy) is 2. The van der Waals surface area contributed by atoms with E-state index < -0.39 is 10.0 Å². The second-order valence-electron chi connectivity index (χ2n) is 8.66. The van der Waals surface area contributed by atoms with Gasteiger partial charge in [-0.2, -0.15) is 4.31 Å². The summed E-state index contributed by atoms with van der Waals surface area (Å²) in [5.41, 5.74) is 1.50. The normalized spacial score (nSPS) is 27.3. The van der Waals surface area contributed by atoms with Crippen LogP contribution in [0.5, 0.6) is 0 Å². The number of morpholine rings is 2. The van der Waals surface area contributed by atoms with Gasteiger partial charge < -0.3 is 14.4 Å². The topological polar surface area (TPSA) is 76.2 Å². The molecule has 0 spiro atoms. The third-order valence-electron chi connectivity index (χ3n) is 5.84. The van der Waals surface area contributed by atoms with Gasteiger partial charge in [-0.1, -0.05) is 30.3 Å². The Kier molecular flexibility index (Phi) is 6.67. The first-order valence-corrected chi connectivity index (χ1v) is 12.4. The third kappa shape index (κ3) is 4.88. The Balaban J connectivity index is 1.49. The van der Waals surface area contributed by atoms with Crippen molar-refractivity contribution in [2.75, 3.05) is 26.2 Å². The van der Waals surface area contributed by atoms with Crippen LogP contribution in [0.15, 0.2) is 59.5 Å². The van der Waals surface area contributed by atoms with Gasteiger partial charge in [-0.3, -0.25) is 4.79 Å². The maximum Gasteiger partial charge on any atom is 0.254 e. The Labute approximate surface area is 190 Å². The molecule has 4 atom stereocenters. The summed E-state index contributed by atoms with van der Waals surface area (Å²) in [6.45, 7) is 7.27. The molecule has 32 heavy (non-hydrogen) atoms. The van der Waals surface area contributed by atoms with E-state index in [4.69, 9.17) is 9.47 Å². The lowest BCUT2D eigenvalue weighted by Crippen LogP contribution is -2.48. The molecule has 172 valence electrons. The molecule has 1 amide bonds. The first kappa shape index (κ1) is 22.9. The Bertz CT molecular complexity index is 1030. The molecule has 2 aromatic carbocycles. The van der Waals surface area contributed by atoms with E-state index >= 15 is 0 Å². The summed E-state index contributed by atoms with van der Waals surface area (Å²) in [5, 5.41) is 0. The number of carbonyl (C=O) groups is 1. The molecule has 2 heterocycles. The molecule has 0 saturated carbocycles. The maximum atomic E-state index is 13.2. The van der Waals surface area contributed by atoms with Crippen LogP contribution in [0.2, 0.25) is 0 Å². The molecule has 0 aliphatic carbocycles. The highest BCUT2D eigenvalue weighted by Gasteiger charge is 2.33. The van der Waals surface area contributed by atoms with Gasteiger partial charge in [-0.25, -0.2) is 8.42 Å². The monoisotopic (exact) mass is 458 g/mol. The quantitative estimate of drug-likeness (QED) is 0.704. The maximum absolute atomic E-state index is 13.2. The van der Waals surface area contributed by atoms with Crippen LogP contribution < -0.4 is 0 Å². The van der Waals surface area contributed by atoms with E-state index in [-0.39, 0.29) is 35.2 Å². The van der Waals surface area contributed by atoms with Crippen molar-refractivity contribution in [3.05, 3.63) is 65.7 Å². The number of sulfonamides is 1. The van der Waals surface area contributed by atoms with Crippen molar-refractivity contribution in [3.63, 3.8) is 0 Å². The molecule has 4 rings (SSSR count). The number of amides is 1. The summed E-state index contributed by atoms with van der Waals surface area (Å²) in [7, 11) is -3.64. The fourth-order valence-electron chi connectivity index (χ4n) is 4.40. The van der Waals surface area contributed by atoms with Crippen LogP contribution in [0.1, 0.15) is 42.8 Å². The highest BCUT2D eigenvalue weighted by molar-refractivity contribution is 7.89. The van der Waals surface area contributed by atoms with E-state index in [0.29, 0.717) is 31.7 Å². The molecule has 0 N–H and O–H groups in total. The van der Waals surface area contributed by atoms with E-state index in [2.05, 4.69) is 0 Å². The van der Waals surface area contributed by atoms with Crippen LogP contribution in [0.4, 0.5) is 0 Å². The molecule has 2 saturated heterocycles. The van der Waals surface area contributed by atoms with Gasteiger partial charge in [0.25, 0.3) is 5.91 Å². The number of carbonyl (C=O) groups excluding carboxylic acids is 1. The van der Waals surface area contributed by atoms with Gasteiger partial charge in [-0.15, -0.1) is 0 Å². The van der Waals surface area contributed by atoms with Gasteiger partial charge >= 0.3 is 0 Å². The zero-order valence-corrected chi connectivity index (χ0v) is 19.5. The third-order valence-corrected chi connectivity index (χ3v) is 7.69. The van der Waals surface area contributed by atoms with E-state index in [1.54, 1.807) is 17.0 Å². The lowest BCUT2D eigenvalue weighted by atomic mass is 10.1. The molecule has 7 nitrogen and oxygen atoms in total. The number of rotatable bonds is 4. The summed E-state index contributed by atoms with van der Waals surface area (Å²) in [6.07, 6.45) is -0.595. The van der Waals surface area contributed by atoms with Crippen molar-refractivity contribution in [3.8, 4) is 0 Å². The van der Waals surface area contributed by atoms with Crippen molar-refractivity contribution >= 4 is 15.9 Å². The Morgan fingerprint density at radius 2 is 1.41 bits per heavy atom. The fourth-order valence-corrected chi connectivity index (χ4v) is 5.99. The average molecular weight is 459 g/mol. The smallest absolute Gasteiger partial charge is 0.254 e. The summed E-state index contributed by atoms with van der Waals surface area (Å²) in [4.78, 5) is 15.1. The van der Waals surface area contributed by atoms with Gasteiger partial charge in [-0.05, 0) is 50.6 Å². The molecular formula is C24H30N2O5S. The van der Waals surface area contributed by atoms with Gasteiger partial charge in [0.1, 0.15) is 6.10 Å². The molecular weight excluding hydrogens is 428 g/mol. The van der Waals surface area contributed by atoms with E-state index in [9.17, 15) is 13.2 Å². The van der Waals surface area contributed by atoms with E-state index in [1.807, 2.05) is 51.1 Å². The van der Waals surface area contributed by atoms with Crippen LogP contribution >= 0.6 is 0 Å². The van der Waals surface area contributed by atoms with Crippen molar-refractivity contribution in [1.82, 2.24) is 9.21 Å². The summed E-state index contributed by atoms with van der Waals surface area (Å²) in [5.74, 6) is -0.126. The van der Waals surface area contributed by atoms with Crippen LogP contribution in [0, 0.1) is 0 Å². The predicted octanol–water partition coefficient (Wildman–Crippen LogP) is 3.09. The minimum Gasteiger partial charge on any atom is -0.373 e. The first-order chi connectivity index (χ1) is 15.2. The fraction of sp³-hybridized carbons (Fsp3) is 0.458. The second-order valence-corrected chi connectivity index (χ2v) is 10.6. The Morgan fingerprint density at radius 3 is 2.03 bits per heavy atom. The van der Waals surface area contributed by atoms with Crippen molar-refractivity contribution < 1.29 is 22.7 Å². The van der Waals surface area contributed by atoms with Gasteiger partial charge in [0, 0.05) is 25.2 Å². The van der Waals surface area contributed by atoms with E-state index in [0.717, 1.165) is 5.56 Å². The number of hydrogen-bond donors (Lipinski definition) is 0. The Hall–Kier alpha value is -2.26. The van der Waals surface area contributed by atoms with Crippen molar-refractivity contribution in [2.24, 2.45) is 0 Å². The van der Waals surface area contributed by atoms with Crippen LogP contribution in [-0.2, 0) is 19.5 Å². The zero-order chi connectivity index (χ0) is 22.9.